The predicted molar refractivity (Wildman–Crippen MR) is 87.3 cm³/mol. The molecule has 1 amide bonds. The first kappa shape index (κ1) is 16.7. The van der Waals surface area contributed by atoms with Gasteiger partial charge < -0.3 is 10.4 Å². The van der Waals surface area contributed by atoms with E-state index in [1.165, 1.54) is 0 Å². The number of aromatic nitrogens is 1. The third kappa shape index (κ3) is 3.76. The summed E-state index contributed by atoms with van der Waals surface area (Å²) in [5.74, 6) is -1.95. The molecule has 2 rings (SSSR count). The Morgan fingerprint density at radius 3 is 2.36 bits per heavy atom. The van der Waals surface area contributed by atoms with Gasteiger partial charge in [-0.15, -0.1) is 11.3 Å². The van der Waals surface area contributed by atoms with Gasteiger partial charge in [-0.2, -0.15) is 0 Å². The van der Waals surface area contributed by atoms with Crippen LogP contribution in [0.3, 0.4) is 0 Å². The maximum Gasteiger partial charge on any atom is 0.347 e. The molecule has 1 heterocycles. The molecule has 0 spiro atoms. The highest BCUT2D eigenvalue weighted by molar-refractivity contribution is 7.13. The fraction of sp³-hybridized carbons (Fsp3) is 0.214. The molecule has 0 aliphatic rings. The number of anilines is 1. The number of rotatable bonds is 4. The third-order valence-corrected chi connectivity index (χ3v) is 4.67. The van der Waals surface area contributed by atoms with E-state index in [1.54, 1.807) is 32.0 Å². The quantitative estimate of drug-likeness (QED) is 0.858. The van der Waals surface area contributed by atoms with Crippen LogP contribution in [0.4, 0.5) is 5.69 Å². The van der Waals surface area contributed by atoms with Crippen molar-refractivity contribution in [2.45, 2.75) is 19.8 Å². The van der Waals surface area contributed by atoms with Gasteiger partial charge in [0.05, 0.1) is 11.6 Å². The lowest BCUT2D eigenvalue weighted by Gasteiger charge is -2.10. The number of benzene rings is 1. The highest BCUT2D eigenvalue weighted by Crippen LogP contribution is 2.27. The first-order chi connectivity index (χ1) is 10.3. The number of hydrogen-bond acceptors (Lipinski definition) is 4. The number of aryl methyl sites for hydroxylation is 1. The van der Waals surface area contributed by atoms with Crippen molar-refractivity contribution in [1.82, 2.24) is 4.98 Å². The first-order valence-electron chi connectivity index (χ1n) is 6.25. The van der Waals surface area contributed by atoms with Crippen molar-refractivity contribution in [3.8, 4) is 0 Å². The number of halogens is 2. The Balaban J connectivity index is 2.18. The monoisotopic (exact) mass is 358 g/mol. The molecule has 22 heavy (non-hydrogen) atoms. The number of nitrogens with one attached hydrogen (secondary N) is 1. The highest BCUT2D eigenvalue weighted by atomic mass is 35.5. The van der Waals surface area contributed by atoms with Crippen LogP contribution in [0.1, 0.15) is 33.2 Å². The molecule has 116 valence electrons. The Hall–Kier alpha value is -1.63. The molecule has 2 aromatic rings. The van der Waals surface area contributed by atoms with Gasteiger partial charge in [0.1, 0.15) is 9.88 Å². The zero-order chi connectivity index (χ0) is 16.4. The van der Waals surface area contributed by atoms with Crippen molar-refractivity contribution in [2.75, 3.05) is 5.32 Å². The predicted octanol–water partition coefficient (Wildman–Crippen LogP) is 4.20. The standard InChI is InChI=1S/C14H12Cl2N2O3S/c1-6(13-17-7(2)11(22-13)14(20)21)12(19)18-10-4-8(15)3-9(16)5-10/h3-6H,1-2H3,(H,18,19)(H,20,21)/t6-/m1/s1. The molecule has 1 atom stereocenters. The van der Waals surface area contributed by atoms with Gasteiger partial charge in [0.2, 0.25) is 5.91 Å². The van der Waals surface area contributed by atoms with Gasteiger partial charge in [-0.3, -0.25) is 4.79 Å². The number of thiazole rings is 1. The number of nitrogens with zero attached hydrogens (tertiary/aromatic N) is 1. The molecular formula is C14H12Cl2N2O3S. The van der Waals surface area contributed by atoms with Crippen LogP contribution < -0.4 is 5.32 Å². The van der Waals surface area contributed by atoms with Gasteiger partial charge >= 0.3 is 5.97 Å². The summed E-state index contributed by atoms with van der Waals surface area (Å²) in [6.07, 6.45) is 0. The van der Waals surface area contributed by atoms with E-state index >= 15 is 0 Å². The molecule has 5 nitrogen and oxygen atoms in total. The van der Waals surface area contributed by atoms with Crippen LogP contribution in [-0.4, -0.2) is 22.0 Å². The maximum atomic E-state index is 12.2. The number of hydrogen-bond donors (Lipinski definition) is 2. The molecule has 0 bridgehead atoms. The molecule has 0 unspecified atom stereocenters. The van der Waals surface area contributed by atoms with E-state index in [1.807, 2.05) is 0 Å². The Kier molecular flexibility index (Phi) is 5.05. The maximum absolute atomic E-state index is 12.2. The second kappa shape index (κ2) is 6.64. The number of carbonyl (C=O) groups is 2. The minimum Gasteiger partial charge on any atom is -0.477 e. The average molecular weight is 359 g/mol. The number of carboxylic acid groups (broad SMARTS) is 1. The molecular weight excluding hydrogens is 347 g/mol. The number of aromatic carboxylic acids is 1. The van der Waals surface area contributed by atoms with Crippen molar-refractivity contribution in [3.63, 3.8) is 0 Å². The number of carboxylic acids is 1. The lowest BCUT2D eigenvalue weighted by atomic mass is 10.1. The zero-order valence-corrected chi connectivity index (χ0v) is 14.0. The summed E-state index contributed by atoms with van der Waals surface area (Å²) in [5.41, 5.74) is 0.874. The van der Waals surface area contributed by atoms with Crippen molar-refractivity contribution >= 4 is 52.1 Å². The topological polar surface area (TPSA) is 79.3 Å². The Morgan fingerprint density at radius 1 is 1.27 bits per heavy atom. The summed E-state index contributed by atoms with van der Waals surface area (Å²) in [6, 6.07) is 4.72. The number of carbonyl (C=O) groups excluding carboxylic acids is 1. The van der Waals surface area contributed by atoms with Crippen LogP contribution in [-0.2, 0) is 4.79 Å². The van der Waals surface area contributed by atoms with E-state index in [4.69, 9.17) is 28.3 Å². The molecule has 1 aromatic carbocycles. The first-order valence-corrected chi connectivity index (χ1v) is 7.82. The molecule has 1 aromatic heterocycles. The third-order valence-electron chi connectivity index (χ3n) is 2.90. The van der Waals surface area contributed by atoms with E-state index in [9.17, 15) is 9.59 Å². The van der Waals surface area contributed by atoms with Gasteiger partial charge in [0.25, 0.3) is 0 Å². The molecule has 0 aliphatic carbocycles. The Bertz CT molecular complexity index is 725. The fourth-order valence-electron chi connectivity index (χ4n) is 1.79. The van der Waals surface area contributed by atoms with Crippen molar-refractivity contribution < 1.29 is 14.7 Å². The Labute approximate surface area is 140 Å². The Morgan fingerprint density at radius 2 is 1.86 bits per heavy atom. The molecule has 0 fully saturated rings. The molecule has 0 aliphatic heterocycles. The lowest BCUT2D eigenvalue weighted by Crippen LogP contribution is -2.18. The summed E-state index contributed by atoms with van der Waals surface area (Å²) in [6.45, 7) is 3.26. The summed E-state index contributed by atoms with van der Waals surface area (Å²) >= 11 is 12.8. The lowest BCUT2D eigenvalue weighted by molar-refractivity contribution is -0.117. The van der Waals surface area contributed by atoms with E-state index in [0.717, 1.165) is 11.3 Å². The van der Waals surface area contributed by atoms with Crippen LogP contribution in [0.15, 0.2) is 18.2 Å². The highest BCUT2D eigenvalue weighted by Gasteiger charge is 2.23. The summed E-state index contributed by atoms with van der Waals surface area (Å²) in [5, 5.41) is 13.0. The van der Waals surface area contributed by atoms with Crippen molar-refractivity contribution in [2.24, 2.45) is 0 Å². The van der Waals surface area contributed by atoms with Crippen LogP contribution >= 0.6 is 34.5 Å². The van der Waals surface area contributed by atoms with E-state index in [0.29, 0.717) is 26.4 Å². The SMILES string of the molecule is Cc1nc([C@H](C)C(=O)Nc2cc(Cl)cc(Cl)c2)sc1C(=O)O. The average Bonchev–Trinajstić information content (AvgIpc) is 2.78. The van der Waals surface area contributed by atoms with Crippen LogP contribution in [0.5, 0.6) is 0 Å². The van der Waals surface area contributed by atoms with Gasteiger partial charge in [0.15, 0.2) is 0 Å². The molecule has 8 heteroatoms. The molecule has 0 saturated heterocycles. The normalized spacial score (nSPS) is 12.0. The largest absolute Gasteiger partial charge is 0.477 e. The van der Waals surface area contributed by atoms with Gasteiger partial charge in [0, 0.05) is 15.7 Å². The number of amides is 1. The second-order valence-corrected chi connectivity index (χ2v) is 6.54. The van der Waals surface area contributed by atoms with Crippen molar-refractivity contribution in [1.29, 1.82) is 0 Å². The second-order valence-electron chi connectivity index (χ2n) is 4.64. The van der Waals surface area contributed by atoms with Crippen molar-refractivity contribution in [3.05, 3.63) is 43.8 Å². The minimum absolute atomic E-state index is 0.139. The molecule has 0 radical (unpaired) electrons. The van der Waals surface area contributed by atoms with Crippen LogP contribution in [0.25, 0.3) is 0 Å². The zero-order valence-electron chi connectivity index (χ0n) is 11.7. The van der Waals surface area contributed by atoms with E-state index < -0.39 is 11.9 Å². The van der Waals surface area contributed by atoms with Gasteiger partial charge in [-0.05, 0) is 32.0 Å². The van der Waals surface area contributed by atoms with Crippen LogP contribution in [0.2, 0.25) is 10.0 Å². The summed E-state index contributed by atoms with van der Waals surface area (Å²) < 4.78 is 0. The smallest absolute Gasteiger partial charge is 0.347 e. The van der Waals surface area contributed by atoms with E-state index in [-0.39, 0.29) is 10.8 Å². The van der Waals surface area contributed by atoms with E-state index in [2.05, 4.69) is 10.3 Å². The molecule has 0 saturated carbocycles. The summed E-state index contributed by atoms with van der Waals surface area (Å²) in [7, 11) is 0. The molecule has 2 N–H and O–H groups in total. The van der Waals surface area contributed by atoms with Gasteiger partial charge in [-0.25, -0.2) is 9.78 Å². The van der Waals surface area contributed by atoms with Gasteiger partial charge in [-0.1, -0.05) is 23.2 Å². The summed E-state index contributed by atoms with van der Waals surface area (Å²) in [4.78, 5) is 27.6. The fourth-order valence-corrected chi connectivity index (χ4v) is 3.27. The van der Waals surface area contributed by atoms with Crippen LogP contribution in [0, 0.1) is 6.92 Å². The minimum atomic E-state index is -1.05.